The number of anilines is 2. The molecule has 0 spiro atoms. The highest BCUT2D eigenvalue weighted by Gasteiger charge is 2.27. The van der Waals surface area contributed by atoms with Crippen LogP contribution in [0.5, 0.6) is 5.75 Å². The number of carbonyl (C=O) groups excluding carboxylic acids is 1. The van der Waals surface area contributed by atoms with E-state index in [4.69, 9.17) is 16.3 Å². The molecule has 0 bridgehead atoms. The van der Waals surface area contributed by atoms with Crippen LogP contribution in [0.1, 0.15) is 5.56 Å². The van der Waals surface area contributed by atoms with Crippen LogP contribution in [0.25, 0.3) is 0 Å². The van der Waals surface area contributed by atoms with Crippen molar-refractivity contribution in [2.24, 2.45) is 0 Å². The number of hydrogen-bond acceptors (Lipinski definition) is 5. The maximum Gasteiger partial charge on any atom is 0.243 e. The predicted molar refractivity (Wildman–Crippen MR) is 120 cm³/mol. The van der Waals surface area contributed by atoms with Crippen molar-refractivity contribution in [3.8, 4) is 5.75 Å². The maximum atomic E-state index is 12.9. The number of benzene rings is 2. The fourth-order valence-electron chi connectivity index (χ4n) is 3.48. The lowest BCUT2D eigenvalue weighted by atomic mass is 10.2. The highest BCUT2D eigenvalue weighted by Crippen LogP contribution is 2.28. The Balaban J connectivity index is 1.68. The molecule has 0 aliphatic carbocycles. The summed E-state index contributed by atoms with van der Waals surface area (Å²) in [4.78, 5) is 16.8. The normalized spacial score (nSPS) is 14.5. The molecule has 9 heteroatoms. The molecule has 30 heavy (non-hydrogen) atoms. The number of amides is 1. The maximum absolute atomic E-state index is 12.9. The van der Waals surface area contributed by atoms with Crippen LogP contribution in [0, 0.1) is 6.92 Å². The minimum atomic E-state index is -3.65. The molecule has 2 aromatic carbocycles. The molecule has 162 valence electrons. The molecule has 1 fully saturated rings. The second kappa shape index (κ2) is 9.14. The van der Waals surface area contributed by atoms with Crippen molar-refractivity contribution in [1.82, 2.24) is 4.90 Å². The van der Waals surface area contributed by atoms with Crippen LogP contribution in [-0.2, 0) is 14.8 Å². The van der Waals surface area contributed by atoms with Crippen molar-refractivity contribution < 1.29 is 17.9 Å². The summed E-state index contributed by atoms with van der Waals surface area (Å²) in [5, 5.41) is 0.460. The van der Waals surface area contributed by atoms with Crippen molar-refractivity contribution in [3.05, 3.63) is 53.1 Å². The molecule has 0 atom stereocenters. The molecule has 0 unspecified atom stereocenters. The number of piperazine rings is 1. The molecule has 1 saturated heterocycles. The molecule has 0 N–H and O–H groups in total. The van der Waals surface area contributed by atoms with Gasteiger partial charge in [-0.05, 0) is 48.9 Å². The Morgan fingerprint density at radius 1 is 1.10 bits per heavy atom. The van der Waals surface area contributed by atoms with Crippen molar-refractivity contribution in [3.63, 3.8) is 0 Å². The van der Waals surface area contributed by atoms with E-state index in [9.17, 15) is 13.2 Å². The number of ether oxygens (including phenoxy) is 1. The summed E-state index contributed by atoms with van der Waals surface area (Å²) in [6.07, 6.45) is 1.10. The van der Waals surface area contributed by atoms with Crippen molar-refractivity contribution in [1.29, 1.82) is 0 Å². The number of rotatable bonds is 6. The summed E-state index contributed by atoms with van der Waals surface area (Å²) >= 11 is 6.16. The standard InChI is InChI=1S/C21H26ClN3O4S/c1-16-19(22)5-4-6-20(16)25(30(3,27)28)15-21(26)24-13-11-23(12-14-24)17-7-9-18(29-2)10-8-17/h4-10H,11-15H2,1-3H3. The Labute approximate surface area is 182 Å². The Morgan fingerprint density at radius 3 is 2.30 bits per heavy atom. The van der Waals surface area contributed by atoms with Gasteiger partial charge in [0.05, 0.1) is 19.1 Å². The molecule has 1 amide bonds. The van der Waals surface area contributed by atoms with Crippen LogP contribution in [-0.4, -0.2) is 65.3 Å². The Morgan fingerprint density at radius 2 is 1.73 bits per heavy atom. The lowest BCUT2D eigenvalue weighted by Gasteiger charge is -2.37. The number of nitrogens with zero attached hydrogens (tertiary/aromatic N) is 3. The monoisotopic (exact) mass is 451 g/mol. The smallest absolute Gasteiger partial charge is 0.243 e. The van der Waals surface area contributed by atoms with E-state index in [-0.39, 0.29) is 12.5 Å². The third kappa shape index (κ3) is 4.99. The molecule has 0 radical (unpaired) electrons. The largest absolute Gasteiger partial charge is 0.497 e. The van der Waals surface area contributed by atoms with Gasteiger partial charge in [-0.15, -0.1) is 0 Å². The van der Waals surface area contributed by atoms with Crippen LogP contribution in [0.2, 0.25) is 5.02 Å². The minimum Gasteiger partial charge on any atom is -0.497 e. The SMILES string of the molecule is COc1ccc(N2CCN(C(=O)CN(c3cccc(Cl)c3C)S(C)(=O)=O)CC2)cc1. The number of halogens is 1. The fourth-order valence-corrected chi connectivity index (χ4v) is 4.55. The molecular formula is C21H26ClN3O4S. The molecule has 1 aliphatic heterocycles. The number of sulfonamides is 1. The molecular weight excluding hydrogens is 426 g/mol. The van der Waals surface area contributed by atoms with Gasteiger partial charge in [0.15, 0.2) is 0 Å². The topological polar surface area (TPSA) is 70.2 Å². The van der Waals surface area contributed by atoms with E-state index in [0.29, 0.717) is 42.5 Å². The summed E-state index contributed by atoms with van der Waals surface area (Å²) in [5.41, 5.74) is 2.12. The molecule has 0 aromatic heterocycles. The molecule has 1 aliphatic rings. The van der Waals surface area contributed by atoms with Crippen LogP contribution in [0.3, 0.4) is 0 Å². The van der Waals surface area contributed by atoms with Crippen molar-refractivity contribution in [2.75, 3.05) is 55.3 Å². The molecule has 0 saturated carbocycles. The number of carbonyl (C=O) groups is 1. The summed E-state index contributed by atoms with van der Waals surface area (Å²) < 4.78 is 31.1. The van der Waals surface area contributed by atoms with Gasteiger partial charge in [0.1, 0.15) is 12.3 Å². The average molecular weight is 452 g/mol. The number of hydrogen-bond donors (Lipinski definition) is 0. The quantitative estimate of drug-likeness (QED) is 0.675. The highest BCUT2D eigenvalue weighted by molar-refractivity contribution is 7.92. The van der Waals surface area contributed by atoms with Gasteiger partial charge >= 0.3 is 0 Å². The summed E-state index contributed by atoms with van der Waals surface area (Å²) in [5.74, 6) is 0.568. The molecule has 7 nitrogen and oxygen atoms in total. The zero-order valence-corrected chi connectivity index (χ0v) is 18.9. The first-order valence-electron chi connectivity index (χ1n) is 9.60. The average Bonchev–Trinajstić information content (AvgIpc) is 2.73. The second-order valence-electron chi connectivity index (χ2n) is 7.22. The van der Waals surface area contributed by atoms with E-state index in [1.807, 2.05) is 24.3 Å². The van der Waals surface area contributed by atoms with E-state index in [1.54, 1.807) is 37.1 Å². The summed E-state index contributed by atoms with van der Waals surface area (Å²) in [7, 11) is -2.02. The summed E-state index contributed by atoms with van der Waals surface area (Å²) in [6, 6.07) is 12.8. The lowest BCUT2D eigenvalue weighted by molar-refractivity contribution is -0.129. The van der Waals surface area contributed by atoms with Crippen LogP contribution >= 0.6 is 11.6 Å². The van der Waals surface area contributed by atoms with Gasteiger partial charge in [-0.1, -0.05) is 17.7 Å². The van der Waals surface area contributed by atoms with Gasteiger partial charge in [-0.2, -0.15) is 0 Å². The first-order valence-corrected chi connectivity index (χ1v) is 11.8. The van der Waals surface area contributed by atoms with E-state index >= 15 is 0 Å². The molecule has 2 aromatic rings. The fraction of sp³-hybridized carbons (Fsp3) is 0.381. The van der Waals surface area contributed by atoms with Gasteiger partial charge < -0.3 is 14.5 Å². The van der Waals surface area contributed by atoms with E-state index in [1.165, 1.54) is 0 Å². The van der Waals surface area contributed by atoms with Gasteiger partial charge in [-0.25, -0.2) is 8.42 Å². The van der Waals surface area contributed by atoms with Crippen LogP contribution in [0.15, 0.2) is 42.5 Å². The minimum absolute atomic E-state index is 0.228. The molecule has 1 heterocycles. The van der Waals surface area contributed by atoms with Gasteiger partial charge in [-0.3, -0.25) is 9.10 Å². The Bertz CT molecular complexity index is 1000. The Kier molecular flexibility index (Phi) is 6.77. The third-order valence-electron chi connectivity index (χ3n) is 5.26. The second-order valence-corrected chi connectivity index (χ2v) is 9.53. The highest BCUT2D eigenvalue weighted by atomic mass is 35.5. The van der Waals surface area contributed by atoms with Crippen molar-refractivity contribution in [2.45, 2.75) is 6.92 Å². The Hall–Kier alpha value is -2.45. The van der Waals surface area contributed by atoms with E-state index < -0.39 is 10.0 Å². The number of methoxy groups -OCH3 is 1. The van der Waals surface area contributed by atoms with Crippen molar-refractivity contribution >= 4 is 38.9 Å². The predicted octanol–water partition coefficient (Wildman–Crippen LogP) is 2.77. The zero-order valence-electron chi connectivity index (χ0n) is 17.3. The van der Waals surface area contributed by atoms with Crippen LogP contribution < -0.4 is 13.9 Å². The first-order chi connectivity index (χ1) is 14.2. The van der Waals surface area contributed by atoms with E-state index in [2.05, 4.69) is 4.90 Å². The van der Waals surface area contributed by atoms with E-state index in [0.717, 1.165) is 22.0 Å². The van der Waals surface area contributed by atoms with Gasteiger partial charge in [0, 0.05) is 36.9 Å². The molecule has 3 rings (SSSR count). The third-order valence-corrected chi connectivity index (χ3v) is 6.79. The summed E-state index contributed by atoms with van der Waals surface area (Å²) in [6.45, 7) is 3.89. The van der Waals surface area contributed by atoms with Crippen LogP contribution in [0.4, 0.5) is 11.4 Å². The first kappa shape index (κ1) is 22.2. The zero-order chi connectivity index (χ0) is 21.9. The van der Waals surface area contributed by atoms with Gasteiger partial charge in [0.25, 0.3) is 0 Å². The van der Waals surface area contributed by atoms with Gasteiger partial charge in [0.2, 0.25) is 15.9 Å². The lowest BCUT2D eigenvalue weighted by Crippen LogP contribution is -2.52.